The maximum atomic E-state index is 13.4. The highest BCUT2D eigenvalue weighted by Gasteiger charge is 2.34. The monoisotopic (exact) mass is 396 g/mol. The van der Waals surface area contributed by atoms with E-state index in [0.29, 0.717) is 6.54 Å². The summed E-state index contributed by atoms with van der Waals surface area (Å²) in [6.07, 6.45) is 5.31. The Morgan fingerprint density at radius 1 is 1.13 bits per heavy atom. The summed E-state index contributed by atoms with van der Waals surface area (Å²) in [7, 11) is 0. The quantitative estimate of drug-likeness (QED) is 0.493. The number of carbonyl (C=O) groups excluding carboxylic acids is 1. The minimum atomic E-state index is -0.205. The topological polar surface area (TPSA) is 61.0 Å². The molecule has 0 saturated carbocycles. The molecule has 0 aliphatic carbocycles. The second-order valence-electron chi connectivity index (χ2n) is 7.64. The van der Waals surface area contributed by atoms with Crippen LogP contribution < -0.4 is 5.32 Å². The second kappa shape index (κ2) is 7.67. The number of benzene rings is 2. The van der Waals surface area contributed by atoms with E-state index in [2.05, 4.69) is 46.5 Å². The van der Waals surface area contributed by atoms with Gasteiger partial charge in [0, 0.05) is 41.2 Å². The summed E-state index contributed by atoms with van der Waals surface area (Å²) < 4.78 is 0. The number of hydrogen-bond acceptors (Lipinski definition) is 2. The molecule has 2 N–H and O–H groups in total. The molecule has 5 heteroatoms. The van der Waals surface area contributed by atoms with Crippen molar-refractivity contribution in [3.8, 4) is 0 Å². The largest absolute Gasteiger partial charge is 0.356 e. The third kappa shape index (κ3) is 3.12. The predicted molar refractivity (Wildman–Crippen MR) is 120 cm³/mol. The van der Waals surface area contributed by atoms with Crippen molar-refractivity contribution in [3.05, 3.63) is 95.4 Å². The Morgan fingerprint density at radius 3 is 2.80 bits per heavy atom. The van der Waals surface area contributed by atoms with Gasteiger partial charge in [0.25, 0.3) is 0 Å². The average Bonchev–Trinajstić information content (AvgIpc) is 3.18. The minimum Gasteiger partial charge on any atom is -0.356 e. The van der Waals surface area contributed by atoms with E-state index in [1.807, 2.05) is 47.5 Å². The van der Waals surface area contributed by atoms with Gasteiger partial charge in [0.05, 0.1) is 0 Å². The molecule has 0 fully saturated rings. The van der Waals surface area contributed by atoms with Crippen LogP contribution >= 0.6 is 0 Å². The summed E-state index contributed by atoms with van der Waals surface area (Å²) in [6.45, 7) is 2.75. The molecule has 0 spiro atoms. The number of fused-ring (bicyclic) bond motifs is 3. The lowest BCUT2D eigenvalue weighted by atomic mass is 9.93. The normalized spacial score (nSPS) is 15.8. The molecule has 5 nitrogen and oxygen atoms in total. The fraction of sp³-hybridized carbons (Fsp3) is 0.200. The number of urea groups is 1. The lowest BCUT2D eigenvalue weighted by Crippen LogP contribution is -2.43. The van der Waals surface area contributed by atoms with Crippen LogP contribution in [0.3, 0.4) is 0 Å². The van der Waals surface area contributed by atoms with E-state index in [0.717, 1.165) is 40.9 Å². The van der Waals surface area contributed by atoms with Crippen molar-refractivity contribution in [3.63, 3.8) is 0 Å². The number of nitrogens with zero attached hydrogens (tertiary/aromatic N) is 2. The van der Waals surface area contributed by atoms with E-state index >= 15 is 0 Å². The molecule has 2 amide bonds. The number of aromatic amines is 1. The maximum Gasteiger partial charge on any atom is 0.322 e. The molecule has 1 atom stereocenters. The zero-order valence-electron chi connectivity index (χ0n) is 16.9. The van der Waals surface area contributed by atoms with Gasteiger partial charge in [-0.2, -0.15) is 0 Å². The van der Waals surface area contributed by atoms with Crippen LogP contribution in [0.1, 0.15) is 35.3 Å². The van der Waals surface area contributed by atoms with Gasteiger partial charge in [-0.25, -0.2) is 4.79 Å². The van der Waals surface area contributed by atoms with Crippen LogP contribution in [-0.2, 0) is 12.8 Å². The molecule has 0 unspecified atom stereocenters. The van der Waals surface area contributed by atoms with E-state index in [9.17, 15) is 4.79 Å². The molecule has 0 bridgehead atoms. The van der Waals surface area contributed by atoms with Crippen LogP contribution in [0, 0.1) is 0 Å². The number of aryl methyl sites for hydroxylation is 1. The molecular formula is C25H24N4O. The minimum absolute atomic E-state index is 0.0888. The molecule has 0 radical (unpaired) electrons. The molecular weight excluding hydrogens is 372 g/mol. The van der Waals surface area contributed by atoms with E-state index in [1.54, 1.807) is 6.20 Å². The number of hydrogen-bond donors (Lipinski definition) is 2. The van der Waals surface area contributed by atoms with Gasteiger partial charge in [-0.05, 0) is 47.7 Å². The number of rotatable bonds is 3. The maximum absolute atomic E-state index is 13.4. The Hall–Kier alpha value is -3.60. The van der Waals surface area contributed by atoms with Gasteiger partial charge in [0.2, 0.25) is 0 Å². The predicted octanol–water partition coefficient (Wildman–Crippen LogP) is 5.30. The first kappa shape index (κ1) is 18.4. The molecule has 2 aromatic heterocycles. The molecule has 0 saturated heterocycles. The van der Waals surface area contributed by atoms with Gasteiger partial charge in [-0.15, -0.1) is 0 Å². The summed E-state index contributed by atoms with van der Waals surface area (Å²) in [5, 5.41) is 4.38. The van der Waals surface area contributed by atoms with Crippen molar-refractivity contribution in [1.29, 1.82) is 0 Å². The van der Waals surface area contributed by atoms with Crippen LogP contribution in [0.4, 0.5) is 10.5 Å². The third-order valence-corrected chi connectivity index (χ3v) is 5.94. The van der Waals surface area contributed by atoms with E-state index < -0.39 is 0 Å². The highest BCUT2D eigenvalue weighted by molar-refractivity contribution is 5.92. The Labute approximate surface area is 175 Å². The van der Waals surface area contributed by atoms with Crippen LogP contribution in [-0.4, -0.2) is 27.4 Å². The number of H-pyrrole nitrogens is 1. The van der Waals surface area contributed by atoms with Crippen molar-refractivity contribution >= 4 is 22.6 Å². The molecule has 3 heterocycles. The number of carbonyl (C=O) groups is 1. The molecule has 1 aliphatic heterocycles. The standard InChI is InChI=1S/C25H24N4O/c1-2-17-8-3-5-11-21(17)28-25(30)29-15-13-20-19-10-4-6-12-22(19)27-23(20)24(29)18-9-7-14-26-16-18/h3-12,14,16,24,27H,2,13,15H2,1H3,(H,28,30)/t24-/m0/s1. The van der Waals surface area contributed by atoms with Crippen molar-refractivity contribution in [1.82, 2.24) is 14.9 Å². The summed E-state index contributed by atoms with van der Waals surface area (Å²) >= 11 is 0. The number of nitrogens with one attached hydrogen (secondary N) is 2. The zero-order chi connectivity index (χ0) is 20.5. The average molecular weight is 396 g/mol. The Balaban J connectivity index is 1.57. The highest BCUT2D eigenvalue weighted by Crippen LogP contribution is 2.38. The van der Waals surface area contributed by atoms with E-state index in [1.165, 1.54) is 10.9 Å². The van der Waals surface area contributed by atoms with Crippen LogP contribution in [0.25, 0.3) is 10.9 Å². The lowest BCUT2D eigenvalue weighted by molar-refractivity contribution is 0.193. The number of para-hydroxylation sites is 2. The van der Waals surface area contributed by atoms with Gasteiger partial charge in [-0.3, -0.25) is 4.98 Å². The van der Waals surface area contributed by atoms with Crippen LogP contribution in [0.15, 0.2) is 73.1 Å². The third-order valence-electron chi connectivity index (χ3n) is 5.94. The molecule has 2 aromatic carbocycles. The van der Waals surface area contributed by atoms with Crippen LogP contribution in [0.2, 0.25) is 0 Å². The Kier molecular flexibility index (Phi) is 4.71. The summed E-state index contributed by atoms with van der Waals surface area (Å²) in [6, 6.07) is 20.0. The first-order valence-electron chi connectivity index (χ1n) is 10.4. The summed E-state index contributed by atoms with van der Waals surface area (Å²) in [5.41, 5.74) is 6.48. The van der Waals surface area contributed by atoms with Crippen LogP contribution in [0.5, 0.6) is 0 Å². The van der Waals surface area contributed by atoms with Gasteiger partial charge in [-0.1, -0.05) is 49.4 Å². The smallest absolute Gasteiger partial charge is 0.322 e. The molecule has 150 valence electrons. The fourth-order valence-corrected chi connectivity index (χ4v) is 4.48. The van der Waals surface area contributed by atoms with Crippen molar-refractivity contribution in [2.75, 3.05) is 11.9 Å². The summed E-state index contributed by atoms with van der Waals surface area (Å²) in [5.74, 6) is 0. The first-order chi connectivity index (χ1) is 14.8. The number of amides is 2. The fourth-order valence-electron chi connectivity index (χ4n) is 4.48. The molecule has 5 rings (SSSR count). The molecule has 1 aliphatic rings. The SMILES string of the molecule is CCc1ccccc1NC(=O)N1CCc2c([nH]c3ccccc23)[C@@H]1c1cccnc1. The van der Waals surface area contributed by atoms with Crippen molar-refractivity contribution in [2.24, 2.45) is 0 Å². The Morgan fingerprint density at radius 2 is 1.97 bits per heavy atom. The van der Waals surface area contributed by atoms with E-state index in [4.69, 9.17) is 0 Å². The zero-order valence-corrected chi connectivity index (χ0v) is 16.9. The summed E-state index contributed by atoms with van der Waals surface area (Å²) in [4.78, 5) is 23.2. The van der Waals surface area contributed by atoms with Gasteiger partial charge >= 0.3 is 6.03 Å². The van der Waals surface area contributed by atoms with Gasteiger partial charge in [0.15, 0.2) is 0 Å². The molecule has 30 heavy (non-hydrogen) atoms. The lowest BCUT2D eigenvalue weighted by Gasteiger charge is -2.36. The number of anilines is 1. The first-order valence-corrected chi connectivity index (χ1v) is 10.4. The second-order valence-corrected chi connectivity index (χ2v) is 7.64. The van der Waals surface area contributed by atoms with Gasteiger partial charge < -0.3 is 15.2 Å². The number of aromatic nitrogens is 2. The Bertz CT molecular complexity index is 1200. The van der Waals surface area contributed by atoms with Crippen molar-refractivity contribution < 1.29 is 4.79 Å². The van der Waals surface area contributed by atoms with Crippen molar-refractivity contribution in [2.45, 2.75) is 25.8 Å². The van der Waals surface area contributed by atoms with Gasteiger partial charge in [0.1, 0.15) is 6.04 Å². The van der Waals surface area contributed by atoms with E-state index in [-0.39, 0.29) is 12.1 Å². The molecule has 4 aromatic rings. The highest BCUT2D eigenvalue weighted by atomic mass is 16.2. The number of pyridine rings is 1.